The number of benzene rings is 1. The zero-order valence-electron chi connectivity index (χ0n) is 10.7. The molecule has 0 aromatic heterocycles. The molecule has 1 atom stereocenters. The Morgan fingerprint density at radius 3 is 2.26 bits per heavy atom. The van der Waals surface area contributed by atoms with Crippen LogP contribution in [0.25, 0.3) is 0 Å². The maximum atomic E-state index is 12.6. The highest BCUT2D eigenvalue weighted by molar-refractivity contribution is 5.99. The number of hydrogen-bond donors (Lipinski definition) is 1. The van der Waals surface area contributed by atoms with Gasteiger partial charge in [0.05, 0.1) is 5.56 Å². The van der Waals surface area contributed by atoms with Crippen LogP contribution < -0.4 is 0 Å². The summed E-state index contributed by atoms with van der Waals surface area (Å²) in [6.07, 6.45) is -5.84. The van der Waals surface area contributed by atoms with Gasteiger partial charge < -0.3 is 10.0 Å². The predicted octanol–water partition coefficient (Wildman–Crippen LogP) is 2.95. The summed E-state index contributed by atoms with van der Waals surface area (Å²) in [7, 11) is 0. The van der Waals surface area contributed by atoms with Crippen LogP contribution >= 0.6 is 0 Å². The molecule has 104 valence electrons. The first-order valence-electron chi connectivity index (χ1n) is 5.76. The molecule has 2 rings (SSSR count). The lowest BCUT2D eigenvalue weighted by atomic mass is 10.0. The summed E-state index contributed by atoms with van der Waals surface area (Å²) >= 11 is 0. The molecule has 1 N–H and O–H groups in total. The number of alkyl halides is 3. The fourth-order valence-electron chi connectivity index (χ4n) is 2.20. The minimum absolute atomic E-state index is 0.00903. The van der Waals surface area contributed by atoms with E-state index in [0.29, 0.717) is 0 Å². The third kappa shape index (κ3) is 2.20. The lowest BCUT2D eigenvalue weighted by molar-refractivity contribution is -0.137. The summed E-state index contributed by atoms with van der Waals surface area (Å²) in [5, 5.41) is 10.1. The quantitative estimate of drug-likeness (QED) is 0.789. The van der Waals surface area contributed by atoms with Crippen molar-refractivity contribution in [2.45, 2.75) is 38.7 Å². The number of aliphatic hydroxyl groups is 1. The maximum absolute atomic E-state index is 12.6. The average Bonchev–Trinajstić information content (AvgIpc) is 2.49. The van der Waals surface area contributed by atoms with Crippen LogP contribution in [0, 0.1) is 0 Å². The summed E-state index contributed by atoms with van der Waals surface area (Å²) in [6, 6.07) is 2.81. The van der Waals surface area contributed by atoms with Crippen LogP contribution in [0.3, 0.4) is 0 Å². The Kier molecular flexibility index (Phi) is 2.89. The number of carbonyl (C=O) groups is 1. The van der Waals surface area contributed by atoms with Gasteiger partial charge in [-0.3, -0.25) is 4.79 Å². The molecule has 1 heterocycles. The zero-order chi connectivity index (χ0) is 14.6. The smallest absolute Gasteiger partial charge is 0.369 e. The molecule has 19 heavy (non-hydrogen) atoms. The largest absolute Gasteiger partial charge is 0.416 e. The highest BCUT2D eigenvalue weighted by Gasteiger charge is 2.43. The van der Waals surface area contributed by atoms with Gasteiger partial charge in [-0.2, -0.15) is 13.2 Å². The van der Waals surface area contributed by atoms with Gasteiger partial charge in [-0.05, 0) is 39.0 Å². The van der Waals surface area contributed by atoms with Gasteiger partial charge in [-0.1, -0.05) is 0 Å². The third-order valence-electron chi connectivity index (χ3n) is 3.07. The van der Waals surface area contributed by atoms with Crippen LogP contribution in [-0.4, -0.2) is 21.5 Å². The zero-order valence-corrected chi connectivity index (χ0v) is 10.7. The van der Waals surface area contributed by atoms with Crippen LogP contribution in [0.15, 0.2) is 18.2 Å². The number of halogens is 3. The first kappa shape index (κ1) is 13.9. The summed E-state index contributed by atoms with van der Waals surface area (Å²) in [5.41, 5.74) is -1.41. The Bertz CT molecular complexity index is 532. The van der Waals surface area contributed by atoms with Crippen molar-refractivity contribution in [3.05, 3.63) is 34.9 Å². The molecule has 0 radical (unpaired) electrons. The second-order valence-electron chi connectivity index (χ2n) is 5.52. The highest BCUT2D eigenvalue weighted by atomic mass is 19.4. The topological polar surface area (TPSA) is 40.5 Å². The molecule has 0 spiro atoms. The fourth-order valence-corrected chi connectivity index (χ4v) is 2.20. The molecule has 3 nitrogen and oxygen atoms in total. The number of amides is 1. The van der Waals surface area contributed by atoms with Crippen molar-refractivity contribution < 1.29 is 23.1 Å². The minimum atomic E-state index is -4.49. The van der Waals surface area contributed by atoms with E-state index in [-0.39, 0.29) is 11.1 Å². The SMILES string of the molecule is CC(C)(C)N1C(=O)c2ccc(C(F)(F)F)cc2[C@H]1O. The fraction of sp³-hybridized carbons (Fsp3) is 0.462. The number of fused-ring (bicyclic) bond motifs is 1. The number of carbonyl (C=O) groups excluding carboxylic acids is 1. The highest BCUT2D eigenvalue weighted by Crippen LogP contribution is 2.40. The van der Waals surface area contributed by atoms with Crippen molar-refractivity contribution in [2.24, 2.45) is 0 Å². The third-order valence-corrected chi connectivity index (χ3v) is 3.07. The van der Waals surface area contributed by atoms with E-state index in [4.69, 9.17) is 0 Å². The van der Waals surface area contributed by atoms with Gasteiger partial charge in [0.25, 0.3) is 5.91 Å². The molecular weight excluding hydrogens is 259 g/mol. The Morgan fingerprint density at radius 1 is 1.21 bits per heavy atom. The van der Waals surface area contributed by atoms with Crippen LogP contribution in [-0.2, 0) is 6.18 Å². The summed E-state index contributed by atoms with van der Waals surface area (Å²) in [5.74, 6) is -0.455. The van der Waals surface area contributed by atoms with Crippen molar-refractivity contribution in [3.63, 3.8) is 0 Å². The number of nitrogens with zero attached hydrogens (tertiary/aromatic N) is 1. The molecule has 1 aromatic carbocycles. The van der Waals surface area contributed by atoms with E-state index < -0.39 is 29.4 Å². The van der Waals surface area contributed by atoms with Gasteiger partial charge in [0.15, 0.2) is 6.23 Å². The molecule has 0 aliphatic carbocycles. The Morgan fingerprint density at radius 2 is 1.79 bits per heavy atom. The second kappa shape index (κ2) is 3.96. The van der Waals surface area contributed by atoms with E-state index in [1.54, 1.807) is 20.8 Å². The standard InChI is InChI=1S/C13H14F3NO2/c1-12(2,3)17-10(18)8-5-4-7(13(14,15)16)6-9(8)11(17)19/h4-6,11,19H,1-3H3/t11-/m1/s1. The summed E-state index contributed by atoms with van der Waals surface area (Å²) in [6.45, 7) is 5.14. The van der Waals surface area contributed by atoms with Gasteiger partial charge in [-0.25, -0.2) is 0 Å². The average molecular weight is 273 g/mol. The second-order valence-corrected chi connectivity index (χ2v) is 5.52. The summed E-state index contributed by atoms with van der Waals surface area (Å²) < 4.78 is 37.9. The molecule has 6 heteroatoms. The molecule has 1 aliphatic heterocycles. The van der Waals surface area contributed by atoms with Crippen LogP contribution in [0.5, 0.6) is 0 Å². The Hall–Kier alpha value is -1.56. The van der Waals surface area contributed by atoms with Gasteiger partial charge in [-0.15, -0.1) is 0 Å². The molecule has 0 saturated heterocycles. The molecule has 1 amide bonds. The van der Waals surface area contributed by atoms with Gasteiger partial charge in [0, 0.05) is 16.7 Å². The van der Waals surface area contributed by atoms with E-state index >= 15 is 0 Å². The van der Waals surface area contributed by atoms with Crippen molar-refractivity contribution in [1.82, 2.24) is 4.90 Å². The van der Waals surface area contributed by atoms with E-state index in [1.165, 1.54) is 4.90 Å². The van der Waals surface area contributed by atoms with Crippen LogP contribution in [0.2, 0.25) is 0 Å². The van der Waals surface area contributed by atoms with E-state index in [9.17, 15) is 23.1 Å². The molecule has 0 bridgehead atoms. The van der Waals surface area contributed by atoms with E-state index in [2.05, 4.69) is 0 Å². The molecule has 0 saturated carbocycles. The number of aliphatic hydroxyl groups excluding tert-OH is 1. The lowest BCUT2D eigenvalue weighted by Crippen LogP contribution is -2.43. The van der Waals surface area contributed by atoms with Crippen molar-refractivity contribution >= 4 is 5.91 Å². The van der Waals surface area contributed by atoms with Crippen molar-refractivity contribution in [2.75, 3.05) is 0 Å². The van der Waals surface area contributed by atoms with Gasteiger partial charge in [0.1, 0.15) is 0 Å². The molecule has 1 aromatic rings. The monoisotopic (exact) mass is 273 g/mol. The van der Waals surface area contributed by atoms with Gasteiger partial charge in [0.2, 0.25) is 0 Å². The minimum Gasteiger partial charge on any atom is -0.369 e. The van der Waals surface area contributed by atoms with Crippen molar-refractivity contribution in [3.8, 4) is 0 Å². The van der Waals surface area contributed by atoms with Crippen LogP contribution in [0.1, 0.15) is 48.5 Å². The molecule has 0 unspecified atom stereocenters. The Labute approximate surface area is 108 Å². The maximum Gasteiger partial charge on any atom is 0.416 e. The molecular formula is C13H14F3NO2. The lowest BCUT2D eigenvalue weighted by Gasteiger charge is -2.34. The first-order chi connectivity index (χ1) is 8.53. The van der Waals surface area contributed by atoms with E-state index in [1.807, 2.05) is 0 Å². The number of hydrogen-bond acceptors (Lipinski definition) is 2. The number of rotatable bonds is 0. The van der Waals surface area contributed by atoms with Crippen molar-refractivity contribution in [1.29, 1.82) is 0 Å². The van der Waals surface area contributed by atoms with E-state index in [0.717, 1.165) is 18.2 Å². The molecule has 0 fully saturated rings. The Balaban J connectivity index is 2.52. The predicted molar refractivity (Wildman–Crippen MR) is 62.3 cm³/mol. The molecule has 1 aliphatic rings. The van der Waals surface area contributed by atoms with Gasteiger partial charge >= 0.3 is 6.18 Å². The first-order valence-corrected chi connectivity index (χ1v) is 5.76. The van der Waals surface area contributed by atoms with Crippen LogP contribution in [0.4, 0.5) is 13.2 Å². The normalized spacial score (nSPS) is 19.8. The summed E-state index contributed by atoms with van der Waals surface area (Å²) in [4.78, 5) is 13.3.